The number of rotatable bonds is 7. The number of carbonyl (C=O) groups is 4. The predicted octanol–water partition coefficient (Wildman–Crippen LogP) is 5.25. The topological polar surface area (TPSA) is 84.0 Å². The van der Waals surface area contributed by atoms with E-state index in [9.17, 15) is 32.3 Å². The number of nitrogens with zero attached hydrogens (tertiary/aromatic N) is 2. The molecule has 2 atom stereocenters. The van der Waals surface area contributed by atoms with E-state index in [0.29, 0.717) is 27.3 Å². The average Bonchev–Trinajstić information content (AvgIpc) is 3.34. The van der Waals surface area contributed by atoms with Gasteiger partial charge in [-0.2, -0.15) is 13.2 Å². The lowest BCUT2D eigenvalue weighted by molar-refractivity contribution is -0.187. The maximum Gasteiger partial charge on any atom is 0.418 e. The van der Waals surface area contributed by atoms with E-state index >= 15 is 0 Å². The van der Waals surface area contributed by atoms with E-state index in [1.165, 1.54) is 0 Å². The van der Waals surface area contributed by atoms with Gasteiger partial charge >= 0.3 is 12.3 Å². The van der Waals surface area contributed by atoms with Crippen molar-refractivity contribution in [1.82, 2.24) is 9.80 Å². The summed E-state index contributed by atoms with van der Waals surface area (Å²) in [5.74, 6) is -1.75. The van der Waals surface area contributed by atoms with Crippen molar-refractivity contribution < 1.29 is 37.1 Å². The Morgan fingerprint density at radius 3 is 2.27 bits per heavy atom. The highest BCUT2D eigenvalue weighted by atomic mass is 19.4. The number of alkyl halides is 3. The van der Waals surface area contributed by atoms with Crippen LogP contribution in [0, 0.1) is 12.3 Å². The van der Waals surface area contributed by atoms with E-state index in [4.69, 9.17) is 4.74 Å². The molecule has 2 aliphatic rings. The molecule has 0 bridgehead atoms. The molecule has 2 aromatic rings. The second-order valence-electron chi connectivity index (χ2n) is 11.7. The van der Waals surface area contributed by atoms with E-state index in [1.54, 1.807) is 36.4 Å². The van der Waals surface area contributed by atoms with Crippen molar-refractivity contribution in [3.8, 4) is 0 Å². The van der Waals surface area contributed by atoms with Gasteiger partial charge in [-0.05, 0) is 37.0 Å². The molecule has 7 nitrogen and oxygen atoms in total. The first-order chi connectivity index (χ1) is 18.5. The number of amides is 3. The van der Waals surface area contributed by atoms with Crippen molar-refractivity contribution >= 4 is 23.7 Å². The minimum absolute atomic E-state index is 0.0523. The monoisotopic (exact) mass is 558 g/mol. The number of benzene rings is 2. The number of ether oxygens (including phenoxy) is 1. The number of aryl methyl sites for hydroxylation is 2. The molecular formula is C30H33F3N2O5. The third-order valence-electron chi connectivity index (χ3n) is 7.65. The van der Waals surface area contributed by atoms with Crippen molar-refractivity contribution in [3.63, 3.8) is 0 Å². The number of hydrogen-bond acceptors (Lipinski definition) is 5. The number of Topliss-reactive ketones (excluding diaryl/α,β-unsaturated/α-hetero) is 1. The molecule has 0 saturated carbocycles. The van der Waals surface area contributed by atoms with Crippen LogP contribution in [-0.4, -0.2) is 52.3 Å². The number of hydrogen-bond donors (Lipinski definition) is 0. The van der Waals surface area contributed by atoms with E-state index in [-0.39, 0.29) is 25.2 Å². The molecule has 1 aliphatic heterocycles. The first kappa shape index (κ1) is 29.3. The molecule has 40 heavy (non-hydrogen) atoms. The Labute approximate surface area is 231 Å². The van der Waals surface area contributed by atoms with Gasteiger partial charge in [-0.3, -0.25) is 14.4 Å². The summed E-state index contributed by atoms with van der Waals surface area (Å²) < 4.78 is 46.6. The number of fused-ring (bicyclic) bond motifs is 2. The summed E-state index contributed by atoms with van der Waals surface area (Å²) in [5.41, 5.74) is 1.22. The summed E-state index contributed by atoms with van der Waals surface area (Å²) in [6, 6.07) is 9.73. The van der Waals surface area contributed by atoms with Gasteiger partial charge < -0.3 is 9.64 Å². The van der Waals surface area contributed by atoms with Gasteiger partial charge in [-0.1, -0.05) is 68.8 Å². The molecule has 0 radical (unpaired) electrons. The lowest BCUT2D eigenvalue weighted by Gasteiger charge is -2.31. The van der Waals surface area contributed by atoms with Crippen molar-refractivity contribution in [2.45, 2.75) is 78.2 Å². The Bertz CT molecular complexity index is 1350. The Hall–Kier alpha value is -3.69. The van der Waals surface area contributed by atoms with E-state index < -0.39 is 47.7 Å². The van der Waals surface area contributed by atoms with E-state index in [2.05, 4.69) is 0 Å². The molecule has 1 saturated heterocycles. The molecule has 1 unspecified atom stereocenters. The summed E-state index contributed by atoms with van der Waals surface area (Å²) in [7, 11) is 0. The quantitative estimate of drug-likeness (QED) is 0.464. The van der Waals surface area contributed by atoms with Gasteiger partial charge in [0.1, 0.15) is 18.4 Å². The minimum atomic E-state index is -4.71. The van der Waals surface area contributed by atoms with Crippen molar-refractivity contribution in [2.75, 3.05) is 6.54 Å². The summed E-state index contributed by atoms with van der Waals surface area (Å²) in [6.45, 7) is 6.98. The molecule has 214 valence electrons. The SMILES string of the molecule is Cc1ccc(CN(C(=O)CN2C(=O)OC3(CCc4cc(CC(=O)C(C)(C)C)ccc43)C2=O)[C@@H](C)C(F)(F)F)cc1. The normalized spacial score (nSPS) is 19.6. The van der Waals surface area contributed by atoms with Crippen LogP contribution in [0.5, 0.6) is 0 Å². The number of carbonyl (C=O) groups excluding carboxylic acids is 4. The molecule has 4 rings (SSSR count). The van der Waals surface area contributed by atoms with Crippen molar-refractivity contribution in [3.05, 3.63) is 70.3 Å². The average molecular weight is 559 g/mol. The van der Waals surface area contributed by atoms with Gasteiger partial charge in [-0.25, -0.2) is 9.69 Å². The van der Waals surface area contributed by atoms with Crippen LogP contribution in [0.1, 0.15) is 61.9 Å². The third kappa shape index (κ3) is 5.62. The van der Waals surface area contributed by atoms with Crippen LogP contribution >= 0.6 is 0 Å². The fourth-order valence-corrected chi connectivity index (χ4v) is 5.00. The van der Waals surface area contributed by atoms with Crippen LogP contribution in [-0.2, 0) is 44.1 Å². The standard InChI is InChI=1S/C30H33F3N2O5/c1-18-6-8-20(9-7-18)16-34(19(2)30(31,32)33)25(37)17-35-26(38)29(40-27(35)39)13-12-22-14-21(10-11-23(22)29)15-24(36)28(3,4)5/h6-11,14,19H,12-13,15-17H2,1-5H3/t19-,29?/m0/s1. The summed E-state index contributed by atoms with van der Waals surface area (Å²) in [6.07, 6.45) is -5.04. The molecule has 10 heteroatoms. The molecule has 0 aromatic heterocycles. The second-order valence-corrected chi connectivity index (χ2v) is 11.7. The zero-order valence-electron chi connectivity index (χ0n) is 23.2. The molecule has 1 heterocycles. The van der Waals surface area contributed by atoms with Crippen LogP contribution in [0.15, 0.2) is 42.5 Å². The fourth-order valence-electron chi connectivity index (χ4n) is 5.00. The molecule has 2 aromatic carbocycles. The van der Waals surface area contributed by atoms with Gasteiger partial charge in [0.05, 0.1) is 0 Å². The van der Waals surface area contributed by atoms with E-state index in [1.807, 2.05) is 33.8 Å². The van der Waals surface area contributed by atoms with E-state index in [0.717, 1.165) is 23.6 Å². The van der Waals surface area contributed by atoms with Crippen LogP contribution in [0.2, 0.25) is 0 Å². The van der Waals surface area contributed by atoms with Crippen LogP contribution in [0.25, 0.3) is 0 Å². The van der Waals surface area contributed by atoms with Crippen LogP contribution in [0.4, 0.5) is 18.0 Å². The highest BCUT2D eigenvalue weighted by Gasteiger charge is 2.58. The number of imide groups is 1. The lowest BCUT2D eigenvalue weighted by Crippen LogP contribution is -2.51. The molecule has 3 amide bonds. The first-order valence-corrected chi connectivity index (χ1v) is 13.1. The smallest absolute Gasteiger partial charge is 0.418 e. The molecule has 1 spiro atoms. The zero-order chi connectivity index (χ0) is 29.6. The number of ketones is 1. The maximum absolute atomic E-state index is 13.7. The summed E-state index contributed by atoms with van der Waals surface area (Å²) in [4.78, 5) is 53.3. The van der Waals surface area contributed by atoms with Gasteiger partial charge in [-0.15, -0.1) is 0 Å². The Balaban J connectivity index is 1.55. The van der Waals surface area contributed by atoms with Gasteiger partial charge in [0.2, 0.25) is 11.5 Å². The highest BCUT2D eigenvalue weighted by Crippen LogP contribution is 2.45. The van der Waals surface area contributed by atoms with Gasteiger partial charge in [0, 0.05) is 30.4 Å². The second kappa shape index (κ2) is 10.4. The minimum Gasteiger partial charge on any atom is -0.427 e. The van der Waals surface area contributed by atoms with Crippen molar-refractivity contribution in [2.24, 2.45) is 5.41 Å². The fraction of sp³-hybridized carbons (Fsp3) is 0.467. The Kier molecular flexibility index (Phi) is 7.60. The molecule has 1 aliphatic carbocycles. The number of halogens is 3. The van der Waals surface area contributed by atoms with Crippen molar-refractivity contribution in [1.29, 1.82) is 0 Å². The zero-order valence-corrected chi connectivity index (χ0v) is 23.2. The third-order valence-corrected chi connectivity index (χ3v) is 7.65. The van der Waals surface area contributed by atoms with Gasteiger partial charge in [0.15, 0.2) is 0 Å². The highest BCUT2D eigenvalue weighted by molar-refractivity contribution is 6.06. The molecular weight excluding hydrogens is 525 g/mol. The van der Waals surface area contributed by atoms with Gasteiger partial charge in [0.25, 0.3) is 5.91 Å². The predicted molar refractivity (Wildman–Crippen MR) is 140 cm³/mol. The van der Waals surface area contributed by atoms with Crippen LogP contribution in [0.3, 0.4) is 0 Å². The maximum atomic E-state index is 13.7. The molecule has 1 fully saturated rings. The summed E-state index contributed by atoms with van der Waals surface area (Å²) >= 11 is 0. The first-order valence-electron chi connectivity index (χ1n) is 13.1. The van der Waals surface area contributed by atoms with Crippen LogP contribution < -0.4 is 0 Å². The lowest BCUT2D eigenvalue weighted by atomic mass is 9.86. The molecule has 0 N–H and O–H groups in total. The Morgan fingerprint density at radius 1 is 1.05 bits per heavy atom. The summed E-state index contributed by atoms with van der Waals surface area (Å²) in [5, 5.41) is 0. The largest absolute Gasteiger partial charge is 0.427 e. The Morgan fingerprint density at radius 2 is 1.68 bits per heavy atom.